The van der Waals surface area contributed by atoms with Gasteiger partial charge in [0.25, 0.3) is 0 Å². The summed E-state index contributed by atoms with van der Waals surface area (Å²) in [6.45, 7) is 11.3. The van der Waals surface area contributed by atoms with E-state index in [-0.39, 0.29) is 24.4 Å². The van der Waals surface area contributed by atoms with Gasteiger partial charge in [0.05, 0.1) is 11.9 Å². The van der Waals surface area contributed by atoms with Gasteiger partial charge >= 0.3 is 0 Å². The third-order valence-corrected chi connectivity index (χ3v) is 7.27. The molecule has 0 aliphatic heterocycles. The Bertz CT molecular complexity index is 1110. The van der Waals surface area contributed by atoms with Crippen molar-refractivity contribution in [1.82, 2.24) is 10.2 Å². The highest BCUT2D eigenvalue weighted by Crippen LogP contribution is 2.29. The first-order chi connectivity index (χ1) is 16.3. The van der Waals surface area contributed by atoms with E-state index in [1.807, 2.05) is 71.0 Å². The molecule has 8 heteroatoms. The van der Waals surface area contributed by atoms with E-state index in [0.29, 0.717) is 5.69 Å². The molecule has 0 saturated heterocycles. The minimum Gasteiger partial charge on any atom is -0.352 e. The van der Waals surface area contributed by atoms with E-state index in [2.05, 4.69) is 5.32 Å². The molecule has 0 aliphatic carbocycles. The van der Waals surface area contributed by atoms with Crippen molar-refractivity contribution in [2.75, 3.05) is 17.1 Å². The average molecular weight is 502 g/mol. The molecule has 0 heterocycles. The summed E-state index contributed by atoms with van der Waals surface area (Å²) in [5, 5.41) is 2.93. The molecular formula is C27H39N3O4S. The van der Waals surface area contributed by atoms with E-state index < -0.39 is 28.5 Å². The van der Waals surface area contributed by atoms with Crippen molar-refractivity contribution in [3.63, 3.8) is 0 Å². The molecule has 2 aromatic carbocycles. The van der Waals surface area contributed by atoms with Crippen molar-refractivity contribution >= 4 is 27.5 Å². The Hall–Kier alpha value is -2.87. The lowest BCUT2D eigenvalue weighted by atomic mass is 10.0. The van der Waals surface area contributed by atoms with E-state index in [1.165, 1.54) is 4.90 Å². The number of hydrogen-bond acceptors (Lipinski definition) is 4. The molecule has 2 atom stereocenters. The van der Waals surface area contributed by atoms with Crippen LogP contribution in [-0.2, 0) is 26.2 Å². The summed E-state index contributed by atoms with van der Waals surface area (Å²) in [5.74, 6) is -0.649. The Balaban J connectivity index is 2.44. The van der Waals surface area contributed by atoms with Gasteiger partial charge < -0.3 is 10.2 Å². The summed E-state index contributed by atoms with van der Waals surface area (Å²) in [7, 11) is -3.76. The lowest BCUT2D eigenvalue weighted by Crippen LogP contribution is -2.52. The summed E-state index contributed by atoms with van der Waals surface area (Å²) in [4.78, 5) is 28.1. The van der Waals surface area contributed by atoms with Gasteiger partial charge in [-0.2, -0.15) is 0 Å². The molecule has 2 rings (SSSR count). The number of nitrogens with one attached hydrogen (secondary N) is 1. The van der Waals surface area contributed by atoms with Gasteiger partial charge in [0.1, 0.15) is 12.6 Å². The zero-order valence-corrected chi connectivity index (χ0v) is 22.7. The number of amides is 2. The van der Waals surface area contributed by atoms with Crippen LogP contribution in [0.4, 0.5) is 5.69 Å². The number of hydrogen-bond donors (Lipinski definition) is 1. The highest BCUT2D eigenvalue weighted by atomic mass is 32.2. The number of sulfonamides is 1. The lowest BCUT2D eigenvalue weighted by molar-refractivity contribution is -0.139. The summed E-state index contributed by atoms with van der Waals surface area (Å²) in [6.07, 6.45) is 1.86. The molecule has 0 radical (unpaired) electrons. The molecule has 2 amide bonds. The van der Waals surface area contributed by atoms with Gasteiger partial charge in [-0.3, -0.25) is 13.9 Å². The highest BCUT2D eigenvalue weighted by Gasteiger charge is 2.31. The molecule has 0 spiro atoms. The standard InChI is InChI=1S/C27H39N3O4S/c1-8-21(5)28-27(32)22(6)29(17-23-15-13-20(4)14-16-23)26(31)18-30(35(7,33)34)25-12-10-9-11-24(25)19(2)3/h9-16,19,21-22H,8,17-18H2,1-7H3,(H,28,32). The molecule has 0 fully saturated rings. The minimum absolute atomic E-state index is 0.0355. The van der Waals surface area contributed by atoms with Crippen LogP contribution in [0, 0.1) is 6.92 Å². The number of aryl methyl sites for hydroxylation is 1. The smallest absolute Gasteiger partial charge is 0.244 e. The zero-order valence-electron chi connectivity index (χ0n) is 21.9. The van der Waals surface area contributed by atoms with Crippen molar-refractivity contribution in [2.24, 2.45) is 0 Å². The normalized spacial score (nSPS) is 13.3. The fourth-order valence-corrected chi connectivity index (χ4v) is 4.60. The van der Waals surface area contributed by atoms with Gasteiger partial charge in [-0.15, -0.1) is 0 Å². The Morgan fingerprint density at radius 3 is 2.11 bits per heavy atom. The third kappa shape index (κ3) is 7.82. The van der Waals surface area contributed by atoms with Crippen LogP contribution < -0.4 is 9.62 Å². The SMILES string of the molecule is CCC(C)NC(=O)C(C)N(Cc1ccc(C)cc1)C(=O)CN(c1ccccc1C(C)C)S(C)(=O)=O. The van der Waals surface area contributed by atoms with Gasteiger partial charge in [-0.25, -0.2) is 8.42 Å². The molecule has 35 heavy (non-hydrogen) atoms. The molecule has 192 valence electrons. The van der Waals surface area contributed by atoms with Crippen molar-refractivity contribution in [2.45, 2.75) is 72.5 Å². The zero-order chi connectivity index (χ0) is 26.3. The average Bonchev–Trinajstić information content (AvgIpc) is 2.80. The molecular weight excluding hydrogens is 462 g/mol. The molecule has 0 aromatic heterocycles. The Kier molecular flexibility index (Phi) is 9.89. The summed E-state index contributed by atoms with van der Waals surface area (Å²) in [6, 6.07) is 14.1. The maximum atomic E-state index is 13.7. The van der Waals surface area contributed by atoms with E-state index in [9.17, 15) is 18.0 Å². The van der Waals surface area contributed by atoms with Crippen LogP contribution in [0.25, 0.3) is 0 Å². The topological polar surface area (TPSA) is 86.8 Å². The van der Waals surface area contributed by atoms with Gasteiger partial charge in [0, 0.05) is 12.6 Å². The Labute approximate surface area is 210 Å². The van der Waals surface area contributed by atoms with Crippen LogP contribution in [0.15, 0.2) is 48.5 Å². The maximum absolute atomic E-state index is 13.7. The first-order valence-electron chi connectivity index (χ1n) is 12.1. The number of carbonyl (C=O) groups is 2. The largest absolute Gasteiger partial charge is 0.352 e. The molecule has 2 unspecified atom stereocenters. The number of rotatable bonds is 11. The van der Waals surface area contributed by atoms with E-state index in [1.54, 1.807) is 19.1 Å². The second-order valence-electron chi connectivity index (χ2n) is 9.48. The summed E-state index contributed by atoms with van der Waals surface area (Å²) >= 11 is 0. The van der Waals surface area contributed by atoms with Crippen molar-refractivity contribution in [3.8, 4) is 0 Å². The minimum atomic E-state index is -3.76. The second kappa shape index (κ2) is 12.2. The first kappa shape index (κ1) is 28.4. The highest BCUT2D eigenvalue weighted by molar-refractivity contribution is 7.92. The molecule has 0 aliphatic rings. The summed E-state index contributed by atoms with van der Waals surface area (Å²) in [5.41, 5.74) is 3.26. The van der Waals surface area contributed by atoms with Crippen molar-refractivity contribution in [1.29, 1.82) is 0 Å². The first-order valence-corrected chi connectivity index (χ1v) is 13.9. The van der Waals surface area contributed by atoms with Gasteiger partial charge in [0.2, 0.25) is 21.8 Å². The third-order valence-electron chi connectivity index (χ3n) is 6.15. The molecule has 7 nitrogen and oxygen atoms in total. The van der Waals surface area contributed by atoms with Crippen LogP contribution in [-0.4, -0.2) is 50.0 Å². The predicted molar refractivity (Wildman–Crippen MR) is 142 cm³/mol. The van der Waals surface area contributed by atoms with Crippen LogP contribution >= 0.6 is 0 Å². The lowest BCUT2D eigenvalue weighted by Gasteiger charge is -2.32. The number of anilines is 1. The van der Waals surface area contributed by atoms with Crippen LogP contribution in [0.5, 0.6) is 0 Å². The predicted octanol–water partition coefficient (Wildman–Crippen LogP) is 4.22. The molecule has 1 N–H and O–H groups in total. The monoisotopic (exact) mass is 501 g/mol. The van der Waals surface area contributed by atoms with E-state index in [0.717, 1.165) is 33.7 Å². The number of para-hydroxylation sites is 1. The van der Waals surface area contributed by atoms with E-state index >= 15 is 0 Å². The van der Waals surface area contributed by atoms with E-state index in [4.69, 9.17) is 0 Å². The van der Waals surface area contributed by atoms with Gasteiger partial charge in [-0.1, -0.05) is 68.8 Å². The van der Waals surface area contributed by atoms with Crippen LogP contribution in [0.2, 0.25) is 0 Å². The van der Waals surface area contributed by atoms with Gasteiger partial charge in [0.15, 0.2) is 0 Å². The molecule has 0 saturated carbocycles. The number of carbonyl (C=O) groups excluding carboxylic acids is 2. The second-order valence-corrected chi connectivity index (χ2v) is 11.4. The fourth-order valence-electron chi connectivity index (χ4n) is 3.74. The Morgan fingerprint density at radius 1 is 0.971 bits per heavy atom. The van der Waals surface area contributed by atoms with Crippen molar-refractivity contribution < 1.29 is 18.0 Å². The van der Waals surface area contributed by atoms with Gasteiger partial charge in [-0.05, 0) is 50.3 Å². The number of benzene rings is 2. The molecule has 2 aromatic rings. The molecule has 0 bridgehead atoms. The van der Waals surface area contributed by atoms with Crippen molar-refractivity contribution in [3.05, 3.63) is 65.2 Å². The quantitative estimate of drug-likeness (QED) is 0.500. The van der Waals surface area contributed by atoms with Crippen LogP contribution in [0.1, 0.15) is 63.6 Å². The number of nitrogens with zero attached hydrogens (tertiary/aromatic N) is 2. The maximum Gasteiger partial charge on any atom is 0.244 e. The fraction of sp³-hybridized carbons (Fsp3) is 0.481. The summed E-state index contributed by atoms with van der Waals surface area (Å²) < 4.78 is 26.8. The Morgan fingerprint density at radius 2 is 1.57 bits per heavy atom. The van der Waals surface area contributed by atoms with Crippen LogP contribution in [0.3, 0.4) is 0 Å².